The van der Waals surface area contributed by atoms with Crippen LogP contribution in [0.2, 0.25) is 0 Å². The molecule has 8 rings (SSSR count). The summed E-state index contributed by atoms with van der Waals surface area (Å²) in [5, 5.41) is 2.35. The predicted octanol–water partition coefficient (Wildman–Crippen LogP) is 11.1. The molecule has 1 aliphatic rings. The molecule has 0 atom stereocenters. The molecule has 0 N–H and O–H groups in total. The molecule has 5 nitrogen and oxygen atoms in total. The van der Waals surface area contributed by atoms with Gasteiger partial charge in [0.1, 0.15) is 17.3 Å². The van der Waals surface area contributed by atoms with Gasteiger partial charge in [0.15, 0.2) is 0 Å². The number of hydrogen-bond acceptors (Lipinski definition) is 4. The highest BCUT2D eigenvalue weighted by Gasteiger charge is 2.28. The van der Waals surface area contributed by atoms with Crippen LogP contribution in [0.1, 0.15) is 39.2 Å². The van der Waals surface area contributed by atoms with Crippen LogP contribution < -0.4 is 14.5 Å². The van der Waals surface area contributed by atoms with Gasteiger partial charge in [-0.15, -0.1) is 0 Å². The quantitative estimate of drug-likeness (QED) is 0.179. The lowest BCUT2D eigenvalue weighted by molar-refractivity contribution is 0.483. The monoisotopic (exact) mass is 614 g/mol. The lowest BCUT2D eigenvalue weighted by atomic mass is 9.93. The average Bonchev–Trinajstić information content (AvgIpc) is 3.65. The molecular formula is C42H38N4O. The van der Waals surface area contributed by atoms with Crippen molar-refractivity contribution in [3.63, 3.8) is 0 Å². The van der Waals surface area contributed by atoms with Gasteiger partial charge in [-0.2, -0.15) is 0 Å². The van der Waals surface area contributed by atoms with Crippen molar-refractivity contribution in [1.82, 2.24) is 9.55 Å². The van der Waals surface area contributed by atoms with Crippen LogP contribution in [-0.4, -0.2) is 22.3 Å². The maximum atomic E-state index is 6.60. The van der Waals surface area contributed by atoms with Gasteiger partial charge in [-0.1, -0.05) is 74.5 Å². The Hall–Kier alpha value is -5.55. The Balaban J connectivity index is 1.19. The maximum Gasteiger partial charge on any atom is 0.138 e. The van der Waals surface area contributed by atoms with Crippen LogP contribution >= 0.6 is 0 Å². The van der Waals surface area contributed by atoms with Crippen LogP contribution in [0.15, 0.2) is 134 Å². The minimum Gasteiger partial charge on any atom is -0.457 e. The number of benzene rings is 5. The summed E-state index contributed by atoms with van der Waals surface area (Å²) in [4.78, 5) is 9.69. The van der Waals surface area contributed by atoms with Crippen LogP contribution in [-0.2, 0) is 0 Å². The molecule has 47 heavy (non-hydrogen) atoms. The van der Waals surface area contributed by atoms with Crippen molar-refractivity contribution in [2.45, 2.75) is 39.7 Å². The number of rotatable bonds is 7. The summed E-state index contributed by atoms with van der Waals surface area (Å²) in [6.07, 6.45) is 1.92. The van der Waals surface area contributed by atoms with E-state index in [1.54, 1.807) is 0 Å². The summed E-state index contributed by atoms with van der Waals surface area (Å²) in [5.41, 5.74) is 9.50. The summed E-state index contributed by atoms with van der Waals surface area (Å²) in [6, 6.07) is 45.3. The van der Waals surface area contributed by atoms with E-state index >= 15 is 0 Å². The normalized spacial score (nSPS) is 12.9. The zero-order valence-electron chi connectivity index (χ0n) is 27.3. The van der Waals surface area contributed by atoms with Gasteiger partial charge < -0.3 is 14.5 Å². The topological polar surface area (TPSA) is 33.5 Å². The lowest BCUT2D eigenvalue weighted by Gasteiger charge is -2.25. The van der Waals surface area contributed by atoms with Gasteiger partial charge >= 0.3 is 0 Å². The fourth-order valence-corrected chi connectivity index (χ4v) is 6.99. The molecule has 5 aromatic carbocycles. The molecule has 0 spiro atoms. The number of fused-ring (bicyclic) bond motifs is 4. The first-order valence-electron chi connectivity index (χ1n) is 16.5. The summed E-state index contributed by atoms with van der Waals surface area (Å²) >= 11 is 0. The van der Waals surface area contributed by atoms with E-state index in [0.29, 0.717) is 12.0 Å². The molecule has 0 fully saturated rings. The Morgan fingerprint density at radius 3 is 2.23 bits per heavy atom. The summed E-state index contributed by atoms with van der Waals surface area (Å²) < 4.78 is 8.86. The van der Waals surface area contributed by atoms with Gasteiger partial charge in [0, 0.05) is 40.8 Å². The third-order valence-electron chi connectivity index (χ3n) is 9.28. The zero-order valence-corrected chi connectivity index (χ0v) is 27.3. The Kier molecular flexibility index (Phi) is 7.17. The average molecular weight is 615 g/mol. The van der Waals surface area contributed by atoms with Crippen LogP contribution in [0.4, 0.5) is 17.1 Å². The fraction of sp³-hybridized carbons (Fsp3) is 0.167. The largest absolute Gasteiger partial charge is 0.457 e. The fourth-order valence-electron chi connectivity index (χ4n) is 6.99. The number of nitrogens with zero attached hydrogens (tertiary/aromatic N) is 4. The number of anilines is 3. The summed E-state index contributed by atoms with van der Waals surface area (Å²) in [5.74, 6) is 2.89. The molecule has 2 aromatic heterocycles. The van der Waals surface area contributed by atoms with Crippen molar-refractivity contribution in [2.75, 3.05) is 16.5 Å². The van der Waals surface area contributed by atoms with Gasteiger partial charge in [-0.25, -0.2) is 4.98 Å². The van der Waals surface area contributed by atoms with E-state index in [-0.39, 0.29) is 0 Å². The number of hydrogen-bond donors (Lipinski definition) is 0. The molecule has 0 bridgehead atoms. The minimum atomic E-state index is 0.402. The number of para-hydroxylation sites is 3. The van der Waals surface area contributed by atoms with Crippen LogP contribution in [0.3, 0.4) is 0 Å². The van der Waals surface area contributed by atoms with E-state index in [0.717, 1.165) is 46.3 Å². The smallest absolute Gasteiger partial charge is 0.138 e. The van der Waals surface area contributed by atoms with E-state index < -0.39 is 0 Å². The van der Waals surface area contributed by atoms with Crippen LogP contribution in [0.25, 0.3) is 38.8 Å². The zero-order chi connectivity index (χ0) is 32.1. The molecule has 1 aliphatic heterocycles. The van der Waals surface area contributed by atoms with Gasteiger partial charge in [-0.3, -0.25) is 4.57 Å². The number of ether oxygens (including phenoxy) is 1. The summed E-state index contributed by atoms with van der Waals surface area (Å²) in [7, 11) is 0. The first-order valence-corrected chi connectivity index (χ1v) is 16.5. The van der Waals surface area contributed by atoms with E-state index in [4.69, 9.17) is 9.72 Å². The second-order valence-corrected chi connectivity index (χ2v) is 12.9. The van der Waals surface area contributed by atoms with Gasteiger partial charge in [0.05, 0.1) is 29.1 Å². The Morgan fingerprint density at radius 2 is 1.38 bits per heavy atom. The highest BCUT2D eigenvalue weighted by molar-refractivity contribution is 6.09. The van der Waals surface area contributed by atoms with Crippen molar-refractivity contribution in [1.29, 1.82) is 0 Å². The van der Waals surface area contributed by atoms with E-state index in [1.165, 1.54) is 33.3 Å². The molecule has 0 unspecified atom stereocenters. The molecule has 232 valence electrons. The highest BCUT2D eigenvalue weighted by atomic mass is 16.5. The summed E-state index contributed by atoms with van der Waals surface area (Å²) in [6.45, 7) is 9.78. The van der Waals surface area contributed by atoms with E-state index in [9.17, 15) is 0 Å². The molecule has 5 heteroatoms. The third-order valence-corrected chi connectivity index (χ3v) is 9.28. The Morgan fingerprint density at radius 1 is 0.638 bits per heavy atom. The Labute approximate surface area is 276 Å². The molecular weight excluding hydrogens is 576 g/mol. The molecule has 0 saturated carbocycles. The molecule has 0 radical (unpaired) electrons. The second-order valence-electron chi connectivity index (χ2n) is 12.9. The molecule has 3 heterocycles. The standard InChI is InChI=1S/C42H38N4O/c1-28(2)34-14-5-6-15-35(34)30-22-23-43-42(24-30)46-38-17-8-7-16-36(38)37-21-20-33(26-41(37)46)47-32-13-11-12-31(25-32)45-27-44(29(3)4)39-18-9-10-19-40(39)45/h5-26,28-29H,27H2,1-4H3. The maximum absolute atomic E-state index is 6.60. The van der Waals surface area contributed by atoms with Crippen molar-refractivity contribution in [3.8, 4) is 28.4 Å². The van der Waals surface area contributed by atoms with Crippen LogP contribution in [0, 0.1) is 0 Å². The molecule has 0 saturated heterocycles. The number of pyridine rings is 1. The van der Waals surface area contributed by atoms with Crippen molar-refractivity contribution in [3.05, 3.63) is 139 Å². The second kappa shape index (κ2) is 11.7. The third kappa shape index (κ3) is 5.08. The van der Waals surface area contributed by atoms with E-state index in [2.05, 4.69) is 163 Å². The van der Waals surface area contributed by atoms with Gasteiger partial charge in [0.25, 0.3) is 0 Å². The van der Waals surface area contributed by atoms with Gasteiger partial charge in [-0.05, 0) is 91.1 Å². The Bertz CT molecular complexity index is 2250. The molecule has 0 amide bonds. The SMILES string of the molecule is CC(C)c1ccccc1-c1ccnc(-n2c3ccccc3c3ccc(Oc4cccc(N5CN(C(C)C)c6ccccc65)c4)cc32)c1. The highest BCUT2D eigenvalue weighted by Crippen LogP contribution is 2.43. The van der Waals surface area contributed by atoms with Gasteiger partial charge in [0.2, 0.25) is 0 Å². The first kappa shape index (κ1) is 28.9. The lowest BCUT2D eigenvalue weighted by Crippen LogP contribution is -2.33. The minimum absolute atomic E-state index is 0.402. The van der Waals surface area contributed by atoms with Crippen molar-refractivity contribution in [2.24, 2.45) is 0 Å². The van der Waals surface area contributed by atoms with Crippen molar-refractivity contribution < 1.29 is 4.74 Å². The molecule has 7 aromatic rings. The predicted molar refractivity (Wildman–Crippen MR) is 196 cm³/mol. The number of aromatic nitrogens is 2. The van der Waals surface area contributed by atoms with E-state index in [1.807, 2.05) is 12.3 Å². The van der Waals surface area contributed by atoms with Crippen molar-refractivity contribution >= 4 is 38.9 Å². The first-order chi connectivity index (χ1) is 23.0. The molecule has 0 aliphatic carbocycles. The van der Waals surface area contributed by atoms with Crippen LogP contribution in [0.5, 0.6) is 11.5 Å².